The van der Waals surface area contributed by atoms with Crippen molar-refractivity contribution in [1.29, 1.82) is 0 Å². The number of carbonyl (C=O) groups excluding carboxylic acids is 1. The van der Waals surface area contributed by atoms with Crippen molar-refractivity contribution in [1.82, 2.24) is 15.5 Å². The molecule has 4 nitrogen and oxygen atoms in total. The summed E-state index contributed by atoms with van der Waals surface area (Å²) in [6, 6.07) is 0.338. The zero-order valence-electron chi connectivity index (χ0n) is 10.4. The molecule has 1 amide bonds. The summed E-state index contributed by atoms with van der Waals surface area (Å²) in [6.45, 7) is 5.13. The SMILES string of the molecule is CN1CCCC(NC(=O)C2(C)CCCN2)C1. The highest BCUT2D eigenvalue weighted by molar-refractivity contribution is 5.86. The Balaban J connectivity index is 1.86. The van der Waals surface area contributed by atoms with Gasteiger partial charge in [0.1, 0.15) is 0 Å². The number of nitrogens with one attached hydrogen (secondary N) is 2. The molecule has 0 aromatic heterocycles. The summed E-state index contributed by atoms with van der Waals surface area (Å²) in [7, 11) is 2.12. The molecule has 0 bridgehead atoms. The highest BCUT2D eigenvalue weighted by Crippen LogP contribution is 2.19. The lowest BCUT2D eigenvalue weighted by Crippen LogP contribution is -2.56. The van der Waals surface area contributed by atoms with E-state index in [2.05, 4.69) is 22.6 Å². The number of likely N-dealkylation sites (tertiary alicyclic amines) is 1. The quantitative estimate of drug-likeness (QED) is 0.712. The van der Waals surface area contributed by atoms with Crippen LogP contribution in [0.2, 0.25) is 0 Å². The van der Waals surface area contributed by atoms with E-state index in [1.54, 1.807) is 0 Å². The Kier molecular flexibility index (Phi) is 3.50. The number of hydrogen-bond donors (Lipinski definition) is 2. The molecule has 0 aliphatic carbocycles. The highest BCUT2D eigenvalue weighted by Gasteiger charge is 2.37. The minimum atomic E-state index is -0.323. The molecule has 0 saturated carbocycles. The van der Waals surface area contributed by atoms with Crippen molar-refractivity contribution < 1.29 is 4.79 Å². The third-order valence-corrected chi connectivity index (χ3v) is 3.83. The van der Waals surface area contributed by atoms with Gasteiger partial charge in [-0.3, -0.25) is 4.79 Å². The second kappa shape index (κ2) is 4.72. The number of amides is 1. The molecule has 0 radical (unpaired) electrons. The van der Waals surface area contributed by atoms with E-state index in [4.69, 9.17) is 0 Å². The molecule has 2 saturated heterocycles. The summed E-state index contributed by atoms with van der Waals surface area (Å²) in [5, 5.41) is 6.50. The maximum Gasteiger partial charge on any atom is 0.240 e. The van der Waals surface area contributed by atoms with E-state index in [0.29, 0.717) is 6.04 Å². The van der Waals surface area contributed by atoms with Gasteiger partial charge in [0, 0.05) is 12.6 Å². The van der Waals surface area contributed by atoms with E-state index in [9.17, 15) is 4.79 Å². The first-order valence-electron chi connectivity index (χ1n) is 6.35. The van der Waals surface area contributed by atoms with E-state index in [-0.39, 0.29) is 11.4 Å². The van der Waals surface area contributed by atoms with E-state index < -0.39 is 0 Å². The molecule has 16 heavy (non-hydrogen) atoms. The predicted molar refractivity (Wildman–Crippen MR) is 64.3 cm³/mol. The van der Waals surface area contributed by atoms with Crippen molar-refractivity contribution in [2.75, 3.05) is 26.7 Å². The van der Waals surface area contributed by atoms with Gasteiger partial charge in [0.2, 0.25) is 5.91 Å². The van der Waals surface area contributed by atoms with Crippen molar-refractivity contribution in [2.45, 2.75) is 44.2 Å². The van der Waals surface area contributed by atoms with E-state index in [1.807, 2.05) is 6.92 Å². The average molecular weight is 225 g/mol. The summed E-state index contributed by atoms with van der Waals surface area (Å²) in [6.07, 6.45) is 4.37. The zero-order chi connectivity index (χ0) is 11.6. The van der Waals surface area contributed by atoms with Gasteiger partial charge in [0.15, 0.2) is 0 Å². The number of piperidine rings is 1. The standard InChI is InChI=1S/C12H23N3O/c1-12(6-4-7-13-12)11(16)14-10-5-3-8-15(2)9-10/h10,13H,3-9H2,1-2H3,(H,14,16). The van der Waals surface area contributed by atoms with Crippen molar-refractivity contribution in [2.24, 2.45) is 0 Å². The van der Waals surface area contributed by atoms with Crippen molar-refractivity contribution in [3.63, 3.8) is 0 Å². The molecule has 2 aliphatic rings. The average Bonchev–Trinajstić information content (AvgIpc) is 2.66. The van der Waals surface area contributed by atoms with Gasteiger partial charge in [-0.15, -0.1) is 0 Å². The van der Waals surface area contributed by atoms with Crippen LogP contribution in [0.1, 0.15) is 32.6 Å². The predicted octanol–water partition coefficient (Wildman–Crippen LogP) is 0.339. The molecular weight excluding hydrogens is 202 g/mol. The van der Waals surface area contributed by atoms with Crippen LogP contribution in [0, 0.1) is 0 Å². The van der Waals surface area contributed by atoms with Crippen LogP contribution in [-0.4, -0.2) is 49.1 Å². The number of nitrogens with zero attached hydrogens (tertiary/aromatic N) is 1. The lowest BCUT2D eigenvalue weighted by Gasteiger charge is -2.33. The molecule has 2 N–H and O–H groups in total. The minimum absolute atomic E-state index is 0.185. The van der Waals surface area contributed by atoms with E-state index in [0.717, 1.165) is 38.9 Å². The third-order valence-electron chi connectivity index (χ3n) is 3.83. The Morgan fingerprint density at radius 2 is 2.31 bits per heavy atom. The largest absolute Gasteiger partial charge is 0.350 e. The molecule has 2 unspecified atom stereocenters. The van der Waals surface area contributed by atoms with Crippen LogP contribution < -0.4 is 10.6 Å². The molecule has 4 heteroatoms. The molecule has 0 aromatic carbocycles. The van der Waals surface area contributed by atoms with E-state index >= 15 is 0 Å². The van der Waals surface area contributed by atoms with Crippen LogP contribution >= 0.6 is 0 Å². The Morgan fingerprint density at radius 1 is 1.50 bits per heavy atom. The fourth-order valence-electron chi connectivity index (χ4n) is 2.72. The van der Waals surface area contributed by atoms with Crippen LogP contribution in [0.15, 0.2) is 0 Å². The lowest BCUT2D eigenvalue weighted by molar-refractivity contribution is -0.127. The number of rotatable bonds is 2. The van der Waals surface area contributed by atoms with Crippen LogP contribution in [0.5, 0.6) is 0 Å². The molecule has 2 heterocycles. The molecule has 2 rings (SSSR count). The molecule has 2 aliphatic heterocycles. The Bertz CT molecular complexity index is 261. The lowest BCUT2D eigenvalue weighted by atomic mass is 9.97. The Labute approximate surface area is 97.8 Å². The van der Waals surface area contributed by atoms with Gasteiger partial charge in [-0.1, -0.05) is 0 Å². The Morgan fingerprint density at radius 3 is 2.94 bits per heavy atom. The van der Waals surface area contributed by atoms with Crippen LogP contribution in [-0.2, 0) is 4.79 Å². The van der Waals surface area contributed by atoms with Gasteiger partial charge < -0.3 is 15.5 Å². The number of carbonyl (C=O) groups is 1. The first kappa shape index (κ1) is 11.9. The molecule has 2 fully saturated rings. The normalized spacial score (nSPS) is 36.2. The summed E-state index contributed by atoms with van der Waals surface area (Å²) < 4.78 is 0. The summed E-state index contributed by atoms with van der Waals surface area (Å²) in [4.78, 5) is 14.4. The maximum absolute atomic E-state index is 12.1. The van der Waals surface area contributed by atoms with Crippen LogP contribution in [0.3, 0.4) is 0 Å². The maximum atomic E-state index is 12.1. The van der Waals surface area contributed by atoms with Crippen molar-refractivity contribution in [3.05, 3.63) is 0 Å². The minimum Gasteiger partial charge on any atom is -0.350 e. The van der Waals surface area contributed by atoms with Gasteiger partial charge in [0.25, 0.3) is 0 Å². The first-order valence-corrected chi connectivity index (χ1v) is 6.35. The first-order chi connectivity index (χ1) is 7.60. The van der Waals surface area contributed by atoms with Crippen molar-refractivity contribution >= 4 is 5.91 Å². The topological polar surface area (TPSA) is 44.4 Å². The monoisotopic (exact) mass is 225 g/mol. The molecule has 2 atom stereocenters. The fraction of sp³-hybridized carbons (Fsp3) is 0.917. The number of hydrogen-bond acceptors (Lipinski definition) is 3. The Hall–Kier alpha value is -0.610. The van der Waals surface area contributed by atoms with E-state index in [1.165, 1.54) is 6.42 Å². The van der Waals surface area contributed by atoms with Gasteiger partial charge in [-0.2, -0.15) is 0 Å². The third kappa shape index (κ3) is 2.55. The molecule has 0 spiro atoms. The fourth-order valence-corrected chi connectivity index (χ4v) is 2.72. The molecule has 0 aromatic rings. The van der Waals surface area contributed by atoms with Crippen LogP contribution in [0.25, 0.3) is 0 Å². The summed E-state index contributed by atoms with van der Waals surface area (Å²) in [5.41, 5.74) is -0.323. The molecule has 92 valence electrons. The molecular formula is C12H23N3O. The van der Waals surface area contributed by atoms with Gasteiger partial charge in [-0.25, -0.2) is 0 Å². The highest BCUT2D eigenvalue weighted by atomic mass is 16.2. The van der Waals surface area contributed by atoms with Crippen LogP contribution in [0.4, 0.5) is 0 Å². The summed E-state index contributed by atoms with van der Waals surface area (Å²) >= 11 is 0. The summed E-state index contributed by atoms with van der Waals surface area (Å²) in [5.74, 6) is 0.185. The van der Waals surface area contributed by atoms with Gasteiger partial charge in [0.05, 0.1) is 5.54 Å². The zero-order valence-corrected chi connectivity index (χ0v) is 10.4. The van der Waals surface area contributed by atoms with Gasteiger partial charge >= 0.3 is 0 Å². The smallest absolute Gasteiger partial charge is 0.240 e. The second-order valence-corrected chi connectivity index (χ2v) is 5.44. The number of likely N-dealkylation sites (N-methyl/N-ethyl adjacent to an activating group) is 1. The second-order valence-electron chi connectivity index (χ2n) is 5.44. The van der Waals surface area contributed by atoms with Gasteiger partial charge in [-0.05, 0) is 52.7 Å². The van der Waals surface area contributed by atoms with Crippen molar-refractivity contribution in [3.8, 4) is 0 Å².